The highest BCUT2D eigenvalue weighted by molar-refractivity contribution is 6.74. The molecule has 0 unspecified atom stereocenters. The second-order valence-corrected chi connectivity index (χ2v) is 24.0. The van der Waals surface area contributed by atoms with Crippen LogP contribution >= 0.6 is 0 Å². The van der Waals surface area contributed by atoms with Gasteiger partial charge in [-0.15, -0.1) is 6.58 Å². The molecule has 1 amide bonds. The number of rotatable bonds is 10. The molecule has 0 bridgehead atoms. The lowest BCUT2D eigenvalue weighted by Gasteiger charge is -2.42. The van der Waals surface area contributed by atoms with Crippen LogP contribution in [-0.4, -0.2) is 64.5 Å². The van der Waals surface area contributed by atoms with Crippen molar-refractivity contribution in [2.24, 2.45) is 0 Å². The van der Waals surface area contributed by atoms with E-state index < -0.39 is 53.0 Å². The number of hydrogen-bond donors (Lipinski definition) is 0. The van der Waals surface area contributed by atoms with Crippen LogP contribution in [-0.2, 0) is 24.9 Å². The Bertz CT molecular complexity index is 1240. The van der Waals surface area contributed by atoms with Gasteiger partial charge >= 0.3 is 12.1 Å². The highest BCUT2D eigenvalue weighted by Crippen LogP contribution is 2.43. The molecule has 0 radical (unpaired) electrons. The molecule has 43 heavy (non-hydrogen) atoms. The Morgan fingerprint density at radius 1 is 0.837 bits per heavy atom. The second kappa shape index (κ2) is 13.5. The Kier molecular flexibility index (Phi) is 10.9. The summed E-state index contributed by atoms with van der Waals surface area (Å²) in [6.07, 6.45) is -0.331. The van der Waals surface area contributed by atoms with Gasteiger partial charge in [0.05, 0.1) is 24.3 Å². The molecule has 1 aliphatic heterocycles. The average Bonchev–Trinajstić information content (AvgIpc) is 3.21. The highest BCUT2D eigenvalue weighted by Gasteiger charge is 2.56. The molecule has 4 atom stereocenters. The number of carbonyl (C=O) groups excluding carboxylic acids is 2. The first-order valence-electron chi connectivity index (χ1n) is 15.1. The highest BCUT2D eigenvalue weighted by atomic mass is 28.4. The molecule has 0 aliphatic carbocycles. The number of esters is 1. The summed E-state index contributed by atoms with van der Waals surface area (Å²) in [4.78, 5) is 29.0. The van der Waals surface area contributed by atoms with E-state index in [4.69, 9.17) is 18.3 Å². The van der Waals surface area contributed by atoms with Gasteiger partial charge in [0.15, 0.2) is 22.7 Å². The number of nitrogens with zero attached hydrogens (tertiary/aromatic N) is 1. The van der Waals surface area contributed by atoms with Gasteiger partial charge in [-0.05, 0) is 54.0 Å². The van der Waals surface area contributed by atoms with Crippen LogP contribution in [0.3, 0.4) is 0 Å². The fourth-order valence-electron chi connectivity index (χ4n) is 4.50. The summed E-state index contributed by atoms with van der Waals surface area (Å²) >= 11 is 0. The SMILES string of the molecule is C=C[C@@H]1[C@@H](OC(=O)c2ccccc2)[C@H](O[Si](C)(C)C(C)(C)C)[C@@H](CO[Si](C)(C)C(C)(C)C)N1C(=O)OCc1ccccc1. The third-order valence-corrected chi connectivity index (χ3v) is 18.3. The van der Waals surface area contributed by atoms with Crippen LogP contribution in [0.2, 0.25) is 36.3 Å². The van der Waals surface area contributed by atoms with E-state index in [-0.39, 0.29) is 23.3 Å². The van der Waals surface area contributed by atoms with Gasteiger partial charge in [-0.2, -0.15) is 0 Å². The summed E-state index contributed by atoms with van der Waals surface area (Å²) in [5.74, 6) is -0.482. The summed E-state index contributed by atoms with van der Waals surface area (Å²) in [7, 11) is -4.65. The Morgan fingerprint density at radius 2 is 1.37 bits per heavy atom. The first-order valence-corrected chi connectivity index (χ1v) is 20.9. The van der Waals surface area contributed by atoms with Gasteiger partial charge in [-0.3, -0.25) is 4.90 Å². The predicted octanol–water partition coefficient (Wildman–Crippen LogP) is 8.20. The zero-order valence-corrected chi connectivity index (χ0v) is 29.7. The third-order valence-electron chi connectivity index (χ3n) is 9.29. The van der Waals surface area contributed by atoms with Gasteiger partial charge in [0.25, 0.3) is 0 Å². The lowest BCUT2D eigenvalue weighted by Crippen LogP contribution is -2.53. The van der Waals surface area contributed by atoms with Gasteiger partial charge in [-0.25, -0.2) is 9.59 Å². The van der Waals surface area contributed by atoms with Crippen molar-refractivity contribution in [2.75, 3.05) is 6.61 Å². The van der Waals surface area contributed by atoms with Crippen LogP contribution in [0.5, 0.6) is 0 Å². The molecule has 2 aromatic rings. The van der Waals surface area contributed by atoms with Gasteiger partial charge in [0, 0.05) is 0 Å². The minimum atomic E-state index is -2.42. The Balaban J connectivity index is 2.07. The number of benzene rings is 2. The van der Waals surface area contributed by atoms with Gasteiger partial charge in [0.1, 0.15) is 12.7 Å². The Labute approximate surface area is 260 Å². The molecule has 1 heterocycles. The van der Waals surface area contributed by atoms with E-state index in [1.807, 2.05) is 36.4 Å². The molecule has 2 aromatic carbocycles. The number of carbonyl (C=O) groups is 2. The largest absolute Gasteiger partial charge is 0.453 e. The number of amides is 1. The molecular weight excluding hydrogens is 575 g/mol. The van der Waals surface area contributed by atoms with Crippen LogP contribution in [0.25, 0.3) is 0 Å². The molecule has 0 aromatic heterocycles. The molecule has 7 nitrogen and oxygen atoms in total. The lowest BCUT2D eigenvalue weighted by molar-refractivity contribution is -0.00861. The zero-order chi connectivity index (χ0) is 32.2. The first kappa shape index (κ1) is 34.8. The van der Waals surface area contributed by atoms with Gasteiger partial charge < -0.3 is 18.3 Å². The Hall–Kier alpha value is -2.73. The van der Waals surface area contributed by atoms with Crippen LogP contribution in [0, 0.1) is 0 Å². The van der Waals surface area contributed by atoms with E-state index in [0.717, 1.165) is 5.56 Å². The van der Waals surface area contributed by atoms with Crippen LogP contribution in [0.4, 0.5) is 4.79 Å². The van der Waals surface area contributed by atoms with E-state index >= 15 is 0 Å². The molecule has 9 heteroatoms. The standard InChI is InChI=1S/C34H51NO6Si2/c1-12-27-29(40-31(36)26-21-17-14-18-22-26)30(41-43(10,11)34(5,6)7)28(24-39-42(8,9)33(2,3)4)35(27)32(37)38-23-25-19-15-13-16-20-25/h12-22,27-30H,1,23-24H2,2-11H3/t27-,28-,29-,30-/m1/s1. The number of likely N-dealkylation sites (tertiary alicyclic amines) is 1. The van der Waals surface area contributed by atoms with Gasteiger partial charge in [-0.1, -0.05) is 96.1 Å². The molecule has 1 fully saturated rings. The van der Waals surface area contributed by atoms with Crippen LogP contribution in [0.15, 0.2) is 73.3 Å². The van der Waals surface area contributed by atoms with Crippen LogP contribution < -0.4 is 0 Å². The topological polar surface area (TPSA) is 74.3 Å². The minimum Gasteiger partial charge on any atom is -0.453 e. The smallest absolute Gasteiger partial charge is 0.411 e. The van der Waals surface area contributed by atoms with Crippen molar-refractivity contribution in [3.05, 3.63) is 84.4 Å². The summed E-state index contributed by atoms with van der Waals surface area (Å²) in [5.41, 5.74) is 1.30. The molecule has 0 spiro atoms. The van der Waals surface area contributed by atoms with Crippen molar-refractivity contribution in [2.45, 2.75) is 109 Å². The normalized spacial score (nSPS) is 21.4. The van der Waals surface area contributed by atoms with Crippen molar-refractivity contribution in [3.8, 4) is 0 Å². The lowest BCUT2D eigenvalue weighted by atomic mass is 10.1. The van der Waals surface area contributed by atoms with Crippen molar-refractivity contribution in [3.63, 3.8) is 0 Å². The van der Waals surface area contributed by atoms with Gasteiger partial charge in [0.2, 0.25) is 0 Å². The van der Waals surface area contributed by atoms with E-state index in [1.54, 1.807) is 35.2 Å². The zero-order valence-electron chi connectivity index (χ0n) is 27.7. The maximum absolute atomic E-state index is 14.0. The summed E-state index contributed by atoms with van der Waals surface area (Å²) in [5, 5.41) is -0.173. The van der Waals surface area contributed by atoms with Crippen molar-refractivity contribution in [1.82, 2.24) is 4.90 Å². The fourth-order valence-corrected chi connectivity index (χ4v) is 6.85. The van der Waals surface area contributed by atoms with E-state index in [2.05, 4.69) is 74.3 Å². The minimum absolute atomic E-state index is 0.0446. The number of ether oxygens (including phenoxy) is 2. The summed E-state index contributed by atoms with van der Waals surface area (Å²) < 4.78 is 25.9. The molecule has 1 aliphatic rings. The maximum atomic E-state index is 14.0. The second-order valence-electron chi connectivity index (χ2n) is 14.4. The summed E-state index contributed by atoms with van der Waals surface area (Å²) in [6.45, 7) is 26.1. The number of hydrogen-bond acceptors (Lipinski definition) is 6. The summed E-state index contributed by atoms with van der Waals surface area (Å²) in [6, 6.07) is 17.2. The van der Waals surface area contributed by atoms with E-state index in [9.17, 15) is 9.59 Å². The molecular formula is C34H51NO6Si2. The monoisotopic (exact) mass is 625 g/mol. The fraction of sp³-hybridized carbons (Fsp3) is 0.529. The first-order chi connectivity index (χ1) is 19.9. The van der Waals surface area contributed by atoms with Crippen LogP contribution in [0.1, 0.15) is 57.5 Å². The van der Waals surface area contributed by atoms with E-state index in [1.165, 1.54) is 0 Å². The molecule has 1 saturated heterocycles. The Morgan fingerprint density at radius 3 is 1.88 bits per heavy atom. The molecule has 0 N–H and O–H groups in total. The molecule has 236 valence electrons. The maximum Gasteiger partial charge on any atom is 0.411 e. The third kappa shape index (κ3) is 8.26. The van der Waals surface area contributed by atoms with Crippen molar-refractivity contribution in [1.29, 1.82) is 0 Å². The quantitative estimate of drug-likeness (QED) is 0.151. The predicted molar refractivity (Wildman–Crippen MR) is 177 cm³/mol. The molecule has 3 rings (SSSR count). The van der Waals surface area contributed by atoms with E-state index in [0.29, 0.717) is 5.56 Å². The molecule has 0 saturated carbocycles. The van der Waals surface area contributed by atoms with Crippen molar-refractivity contribution >= 4 is 28.7 Å². The average molecular weight is 626 g/mol. The van der Waals surface area contributed by atoms with Crippen molar-refractivity contribution < 1.29 is 27.9 Å².